The van der Waals surface area contributed by atoms with E-state index in [4.69, 9.17) is 0 Å². The molecule has 2 amide bonds. The minimum absolute atomic E-state index is 0.132. The van der Waals surface area contributed by atoms with Crippen molar-refractivity contribution in [3.05, 3.63) is 10.0 Å². The highest BCUT2D eigenvalue weighted by molar-refractivity contribution is 7.15. The van der Waals surface area contributed by atoms with Gasteiger partial charge in [0.1, 0.15) is 10.0 Å². The summed E-state index contributed by atoms with van der Waals surface area (Å²) in [4.78, 5) is 22.5. The molecule has 0 spiro atoms. The van der Waals surface area contributed by atoms with Crippen molar-refractivity contribution in [2.24, 2.45) is 5.41 Å². The number of carbonyl (C=O) groups excluding carboxylic acids is 2. The number of nitrogens with one attached hydrogen (secondary N) is 2. The fourth-order valence-corrected chi connectivity index (χ4v) is 5.78. The van der Waals surface area contributed by atoms with Crippen LogP contribution in [0.3, 0.4) is 0 Å². The van der Waals surface area contributed by atoms with E-state index in [0.29, 0.717) is 10.3 Å². The fraction of sp³-hybridized carbons (Fsp3) is 0.625. The minimum atomic E-state index is -0.189. The Morgan fingerprint density at radius 2 is 1.54 bits per heavy atom. The number of carbonyl (C=O) groups is 2. The van der Waals surface area contributed by atoms with Gasteiger partial charge in [-0.3, -0.25) is 9.59 Å². The monoisotopic (exact) mass is 394 g/mol. The molecule has 1 fully saturated rings. The van der Waals surface area contributed by atoms with Gasteiger partial charge in [-0.25, -0.2) is 0 Å². The van der Waals surface area contributed by atoms with Crippen molar-refractivity contribution < 1.29 is 9.59 Å². The molecule has 2 atom stereocenters. The molecular weight excluding hydrogens is 372 g/mol. The number of rotatable bonds is 4. The molecule has 8 nitrogen and oxygen atoms in total. The van der Waals surface area contributed by atoms with E-state index < -0.39 is 0 Å². The zero-order chi connectivity index (χ0) is 19.1. The van der Waals surface area contributed by atoms with Gasteiger partial charge in [0.05, 0.1) is 0 Å². The van der Waals surface area contributed by atoms with Crippen LogP contribution in [0.1, 0.15) is 63.4 Å². The number of hydrogen-bond donors (Lipinski definition) is 2. The lowest BCUT2D eigenvalue weighted by molar-refractivity contribution is -0.115. The van der Waals surface area contributed by atoms with Crippen molar-refractivity contribution in [3.63, 3.8) is 0 Å². The van der Waals surface area contributed by atoms with E-state index in [-0.39, 0.29) is 28.6 Å². The molecule has 2 N–H and O–H groups in total. The van der Waals surface area contributed by atoms with Gasteiger partial charge in [0.15, 0.2) is 0 Å². The largest absolute Gasteiger partial charge is 0.301 e. The summed E-state index contributed by atoms with van der Waals surface area (Å²) in [6.45, 7) is 9.54. The van der Waals surface area contributed by atoms with Crippen LogP contribution in [0.4, 0.5) is 10.3 Å². The molecule has 0 aliphatic heterocycles. The molecule has 0 bridgehead atoms. The summed E-state index contributed by atoms with van der Waals surface area (Å²) in [6.07, 6.45) is 1.89. The highest BCUT2D eigenvalue weighted by Gasteiger charge is 2.55. The van der Waals surface area contributed by atoms with Gasteiger partial charge < -0.3 is 10.6 Å². The number of anilines is 2. The lowest BCUT2D eigenvalue weighted by atomic mass is 9.66. The Bertz CT molecular complexity index is 845. The average Bonchev–Trinajstić information content (AvgIpc) is 3.20. The predicted octanol–water partition coefficient (Wildman–Crippen LogP) is 3.17. The van der Waals surface area contributed by atoms with Crippen molar-refractivity contribution in [1.29, 1.82) is 0 Å². The summed E-state index contributed by atoms with van der Waals surface area (Å²) in [5.41, 5.74) is -0.320. The van der Waals surface area contributed by atoms with E-state index in [1.165, 1.54) is 36.5 Å². The first-order valence-corrected chi connectivity index (χ1v) is 9.99. The zero-order valence-corrected chi connectivity index (χ0v) is 17.0. The quantitative estimate of drug-likeness (QED) is 0.824. The van der Waals surface area contributed by atoms with Gasteiger partial charge in [0, 0.05) is 25.2 Å². The topological polar surface area (TPSA) is 110 Å². The molecule has 10 heteroatoms. The first-order chi connectivity index (χ1) is 12.1. The molecule has 1 saturated carbocycles. The highest BCUT2D eigenvalue weighted by atomic mass is 32.1. The van der Waals surface area contributed by atoms with Crippen LogP contribution in [0.15, 0.2) is 0 Å². The molecule has 0 saturated heterocycles. The van der Waals surface area contributed by atoms with Gasteiger partial charge in [0.25, 0.3) is 0 Å². The second-order valence-electron chi connectivity index (χ2n) is 7.37. The van der Waals surface area contributed by atoms with Gasteiger partial charge in [-0.2, -0.15) is 0 Å². The summed E-state index contributed by atoms with van der Waals surface area (Å²) in [5, 5.41) is 25.2. The molecule has 26 heavy (non-hydrogen) atoms. The van der Waals surface area contributed by atoms with Crippen LogP contribution in [0.5, 0.6) is 0 Å². The highest BCUT2D eigenvalue weighted by Crippen LogP contribution is 2.61. The molecule has 2 unspecified atom stereocenters. The maximum Gasteiger partial charge on any atom is 0.223 e. The second kappa shape index (κ2) is 6.66. The number of aromatic nitrogens is 4. The molecule has 0 aromatic carbocycles. The molecule has 2 aromatic heterocycles. The summed E-state index contributed by atoms with van der Waals surface area (Å²) >= 11 is 2.85. The van der Waals surface area contributed by atoms with Gasteiger partial charge in [-0.05, 0) is 18.3 Å². The van der Waals surface area contributed by atoms with Gasteiger partial charge in [0.2, 0.25) is 22.1 Å². The second-order valence-corrected chi connectivity index (χ2v) is 9.35. The molecule has 1 aliphatic rings. The Morgan fingerprint density at radius 1 is 0.962 bits per heavy atom. The number of nitrogens with zero attached hydrogens (tertiary/aromatic N) is 4. The third-order valence-corrected chi connectivity index (χ3v) is 7.48. The zero-order valence-electron chi connectivity index (χ0n) is 15.4. The summed E-state index contributed by atoms with van der Waals surface area (Å²) < 4.78 is 0. The van der Waals surface area contributed by atoms with E-state index >= 15 is 0 Å². The minimum Gasteiger partial charge on any atom is -0.301 e. The van der Waals surface area contributed by atoms with Crippen molar-refractivity contribution in [2.45, 2.75) is 58.8 Å². The van der Waals surface area contributed by atoms with E-state index in [9.17, 15) is 9.59 Å². The van der Waals surface area contributed by atoms with Crippen LogP contribution >= 0.6 is 22.7 Å². The number of hydrogen-bond acceptors (Lipinski definition) is 8. The first-order valence-electron chi connectivity index (χ1n) is 8.36. The average molecular weight is 395 g/mol. The third kappa shape index (κ3) is 3.23. The van der Waals surface area contributed by atoms with Crippen molar-refractivity contribution >= 4 is 44.8 Å². The standard InChI is InChI=1S/C16H22N6O2S2/c1-8(23)17-13-21-19-11(25-13)10-6-7-16(5,15(10,3)4)12-20-22-14(26-12)18-9(2)24/h10H,6-7H2,1-5H3,(H,17,21,23)(H,18,22,24). The number of amides is 2. The Labute approximate surface area is 159 Å². The smallest absolute Gasteiger partial charge is 0.223 e. The van der Waals surface area contributed by atoms with E-state index in [1.54, 1.807) is 0 Å². The van der Waals surface area contributed by atoms with Crippen molar-refractivity contribution in [3.8, 4) is 0 Å². The fourth-order valence-electron chi connectivity index (χ4n) is 3.54. The van der Waals surface area contributed by atoms with E-state index in [1.807, 2.05) is 0 Å². The lowest BCUT2D eigenvalue weighted by Gasteiger charge is -2.39. The van der Waals surface area contributed by atoms with Crippen molar-refractivity contribution in [1.82, 2.24) is 20.4 Å². The Balaban J connectivity index is 1.87. The predicted molar refractivity (Wildman–Crippen MR) is 102 cm³/mol. The van der Waals surface area contributed by atoms with Crippen LogP contribution in [0, 0.1) is 5.41 Å². The summed E-state index contributed by atoms with van der Waals surface area (Å²) in [6, 6.07) is 0. The van der Waals surface area contributed by atoms with Gasteiger partial charge in [-0.15, -0.1) is 20.4 Å². The molecule has 0 radical (unpaired) electrons. The maximum atomic E-state index is 11.3. The van der Waals surface area contributed by atoms with Crippen LogP contribution in [-0.2, 0) is 15.0 Å². The summed E-state index contributed by atoms with van der Waals surface area (Å²) in [5.74, 6) is -0.0935. The van der Waals surface area contributed by atoms with E-state index in [2.05, 4.69) is 51.8 Å². The van der Waals surface area contributed by atoms with Gasteiger partial charge >= 0.3 is 0 Å². The van der Waals surface area contributed by atoms with E-state index in [0.717, 1.165) is 22.9 Å². The summed E-state index contributed by atoms with van der Waals surface area (Å²) in [7, 11) is 0. The molecule has 140 valence electrons. The Morgan fingerprint density at radius 3 is 2.15 bits per heavy atom. The van der Waals surface area contributed by atoms with Crippen LogP contribution in [-0.4, -0.2) is 32.2 Å². The van der Waals surface area contributed by atoms with Gasteiger partial charge in [-0.1, -0.05) is 43.4 Å². The lowest BCUT2D eigenvalue weighted by Crippen LogP contribution is -2.37. The first kappa shape index (κ1) is 18.8. The Kier molecular flexibility index (Phi) is 4.82. The normalized spacial score (nSPS) is 24.4. The van der Waals surface area contributed by atoms with Crippen LogP contribution in [0.2, 0.25) is 0 Å². The molecule has 2 aromatic rings. The maximum absolute atomic E-state index is 11.3. The third-order valence-electron chi connectivity index (χ3n) is 5.43. The molecule has 2 heterocycles. The Hall–Kier alpha value is -1.94. The SMILES string of the molecule is CC(=O)Nc1nnc(C2CCC(C)(c3nnc(NC(C)=O)s3)C2(C)C)s1. The van der Waals surface area contributed by atoms with Crippen LogP contribution < -0.4 is 10.6 Å². The molecule has 3 rings (SSSR count). The van der Waals surface area contributed by atoms with Crippen molar-refractivity contribution in [2.75, 3.05) is 10.6 Å². The van der Waals surface area contributed by atoms with Crippen LogP contribution in [0.25, 0.3) is 0 Å². The molecular formula is C16H22N6O2S2. The molecule has 1 aliphatic carbocycles.